The maximum atomic E-state index is 15.2. The van der Waals surface area contributed by atoms with E-state index in [1.807, 2.05) is 25.1 Å². The van der Waals surface area contributed by atoms with Crippen LogP contribution < -0.4 is 4.74 Å². The molecule has 3 aromatic carbocycles. The number of rotatable bonds is 6. The fourth-order valence-corrected chi connectivity index (χ4v) is 3.95. The first-order valence-corrected chi connectivity index (χ1v) is 10.2. The Morgan fingerprint density at radius 3 is 2.58 bits per heavy atom. The van der Waals surface area contributed by atoms with Crippen LogP contribution in [0.5, 0.6) is 5.75 Å². The maximum Gasteiger partial charge on any atom is 0.341 e. The molecule has 0 amide bonds. The number of benzene rings is 3. The number of carbonyl (C=O) groups is 1. The van der Waals surface area contributed by atoms with E-state index < -0.39 is 17.6 Å². The molecule has 7 heteroatoms. The molecule has 33 heavy (non-hydrogen) atoms. The molecule has 0 aliphatic carbocycles. The number of hydrogen-bond donors (Lipinski definition) is 0. The van der Waals surface area contributed by atoms with Gasteiger partial charge in [0.05, 0.1) is 31.7 Å². The van der Waals surface area contributed by atoms with E-state index in [-0.39, 0.29) is 28.0 Å². The summed E-state index contributed by atoms with van der Waals surface area (Å²) in [6.07, 6.45) is 1.76. The van der Waals surface area contributed by atoms with Gasteiger partial charge in [-0.15, -0.1) is 0 Å². The van der Waals surface area contributed by atoms with E-state index in [4.69, 9.17) is 9.47 Å². The maximum absolute atomic E-state index is 15.2. The fourth-order valence-electron chi connectivity index (χ4n) is 3.95. The van der Waals surface area contributed by atoms with Gasteiger partial charge in [0.1, 0.15) is 28.6 Å². The van der Waals surface area contributed by atoms with Crippen molar-refractivity contribution in [2.75, 3.05) is 14.2 Å². The van der Waals surface area contributed by atoms with Crippen LogP contribution in [0.25, 0.3) is 28.2 Å². The third kappa shape index (κ3) is 3.86. The second-order valence-electron chi connectivity index (χ2n) is 7.51. The molecule has 168 valence electrons. The predicted molar refractivity (Wildman–Crippen MR) is 123 cm³/mol. The smallest absolute Gasteiger partial charge is 0.341 e. The van der Waals surface area contributed by atoms with Crippen molar-refractivity contribution in [1.29, 1.82) is 0 Å². The van der Waals surface area contributed by atoms with Crippen LogP contribution in [0.2, 0.25) is 0 Å². The van der Waals surface area contributed by atoms with E-state index in [0.29, 0.717) is 12.1 Å². The number of halogens is 2. The van der Waals surface area contributed by atoms with Gasteiger partial charge in [-0.3, -0.25) is 4.68 Å². The molecule has 0 atom stereocenters. The molecule has 0 spiro atoms. The first-order valence-electron chi connectivity index (χ1n) is 10.2. The van der Waals surface area contributed by atoms with Gasteiger partial charge in [0, 0.05) is 5.56 Å². The van der Waals surface area contributed by atoms with Crippen LogP contribution in [-0.4, -0.2) is 30.0 Å². The average Bonchev–Trinajstić information content (AvgIpc) is 3.19. The predicted octanol–water partition coefficient (Wildman–Crippen LogP) is 5.78. The van der Waals surface area contributed by atoms with Crippen LogP contribution in [0.3, 0.4) is 0 Å². The van der Waals surface area contributed by atoms with Crippen LogP contribution in [0, 0.1) is 18.6 Å². The highest BCUT2D eigenvalue weighted by Gasteiger charge is 2.23. The van der Waals surface area contributed by atoms with Crippen molar-refractivity contribution in [3.05, 3.63) is 89.0 Å². The van der Waals surface area contributed by atoms with Crippen molar-refractivity contribution in [2.24, 2.45) is 0 Å². The Kier molecular flexibility index (Phi) is 5.96. The number of esters is 1. The quantitative estimate of drug-likeness (QED) is 0.351. The molecule has 0 unspecified atom stereocenters. The standard InChI is InChI=1S/C26H22F2N2O3/c1-5-16-9-6-8-15(2)19(16)14-30-22-11-7-10-20(27)24(22)25(29-30)17-13-23(32-3)18(12-21(17)28)26(31)33-4/h5-13H,1,14H2,2-4H3. The summed E-state index contributed by atoms with van der Waals surface area (Å²) >= 11 is 0. The minimum atomic E-state index is -0.742. The average molecular weight is 448 g/mol. The van der Waals surface area contributed by atoms with Crippen LogP contribution in [0.1, 0.15) is 27.0 Å². The molecule has 5 nitrogen and oxygen atoms in total. The van der Waals surface area contributed by atoms with Crippen LogP contribution >= 0.6 is 0 Å². The van der Waals surface area contributed by atoms with Gasteiger partial charge in [0.25, 0.3) is 0 Å². The number of fused-ring (bicyclic) bond motifs is 1. The van der Waals surface area contributed by atoms with Gasteiger partial charge < -0.3 is 9.47 Å². The molecule has 0 radical (unpaired) electrons. The summed E-state index contributed by atoms with van der Waals surface area (Å²) in [5, 5.41) is 4.77. The van der Waals surface area contributed by atoms with Gasteiger partial charge in [0.15, 0.2) is 0 Å². The number of carbonyl (C=O) groups excluding carboxylic acids is 1. The van der Waals surface area contributed by atoms with E-state index in [9.17, 15) is 9.18 Å². The lowest BCUT2D eigenvalue weighted by Gasteiger charge is -2.11. The van der Waals surface area contributed by atoms with E-state index in [1.54, 1.807) is 22.9 Å². The molecule has 0 fully saturated rings. The molecular weight excluding hydrogens is 426 g/mol. The van der Waals surface area contributed by atoms with Gasteiger partial charge >= 0.3 is 5.97 Å². The minimum absolute atomic E-state index is 0.0158. The topological polar surface area (TPSA) is 53.4 Å². The molecule has 1 heterocycles. The monoisotopic (exact) mass is 448 g/mol. The van der Waals surface area contributed by atoms with Crippen molar-refractivity contribution in [3.8, 4) is 17.0 Å². The Hall–Kier alpha value is -4.00. The lowest BCUT2D eigenvalue weighted by atomic mass is 10.0. The van der Waals surface area contributed by atoms with E-state index in [2.05, 4.69) is 11.7 Å². The van der Waals surface area contributed by atoms with Gasteiger partial charge in [-0.2, -0.15) is 5.10 Å². The summed E-state index contributed by atoms with van der Waals surface area (Å²) in [7, 11) is 2.55. The van der Waals surface area contributed by atoms with Gasteiger partial charge in [0.2, 0.25) is 0 Å². The zero-order valence-electron chi connectivity index (χ0n) is 18.5. The second kappa shape index (κ2) is 8.86. The first-order chi connectivity index (χ1) is 15.9. The highest BCUT2D eigenvalue weighted by atomic mass is 19.1. The lowest BCUT2D eigenvalue weighted by molar-refractivity contribution is 0.0596. The number of methoxy groups -OCH3 is 2. The van der Waals surface area contributed by atoms with Gasteiger partial charge in [-0.1, -0.05) is 36.9 Å². The van der Waals surface area contributed by atoms with Gasteiger partial charge in [-0.25, -0.2) is 13.6 Å². The Balaban J connectivity index is 1.95. The third-order valence-electron chi connectivity index (χ3n) is 5.65. The molecular formula is C26H22F2N2O3. The van der Waals surface area contributed by atoms with E-state index in [0.717, 1.165) is 22.8 Å². The van der Waals surface area contributed by atoms with E-state index >= 15 is 4.39 Å². The summed E-state index contributed by atoms with van der Waals surface area (Å²) in [4.78, 5) is 12.0. The number of nitrogens with zero attached hydrogens (tertiary/aromatic N) is 2. The third-order valence-corrected chi connectivity index (χ3v) is 5.65. The van der Waals surface area contributed by atoms with Crippen molar-refractivity contribution < 1.29 is 23.0 Å². The molecule has 4 aromatic rings. The summed E-state index contributed by atoms with van der Waals surface area (Å²) in [6, 6.07) is 12.8. The molecule has 0 aliphatic rings. The normalized spacial score (nSPS) is 10.9. The Bertz CT molecular complexity index is 1390. The number of hydrogen-bond acceptors (Lipinski definition) is 4. The number of aromatic nitrogens is 2. The largest absolute Gasteiger partial charge is 0.496 e. The van der Waals surface area contributed by atoms with Crippen molar-refractivity contribution in [2.45, 2.75) is 13.5 Å². The molecule has 4 rings (SSSR count). The Morgan fingerprint density at radius 1 is 1.12 bits per heavy atom. The number of ether oxygens (including phenoxy) is 2. The summed E-state index contributed by atoms with van der Waals surface area (Å²) in [6.45, 7) is 6.19. The first kappa shape index (κ1) is 22.2. The molecule has 0 aliphatic heterocycles. The molecule has 0 saturated carbocycles. The SMILES string of the molecule is C=Cc1cccc(C)c1Cn1nc(-c2cc(OC)c(C(=O)OC)cc2F)c2c(F)cccc21. The second-order valence-corrected chi connectivity index (χ2v) is 7.51. The fraction of sp³-hybridized carbons (Fsp3) is 0.154. The Labute approximate surface area is 189 Å². The van der Waals surface area contributed by atoms with Crippen molar-refractivity contribution in [3.63, 3.8) is 0 Å². The van der Waals surface area contributed by atoms with Crippen molar-refractivity contribution >= 4 is 22.9 Å². The minimum Gasteiger partial charge on any atom is -0.496 e. The summed E-state index contributed by atoms with van der Waals surface area (Å²) < 4.78 is 41.8. The molecule has 0 N–H and O–H groups in total. The summed E-state index contributed by atoms with van der Waals surface area (Å²) in [5.41, 5.74) is 3.52. The molecule has 0 bridgehead atoms. The Morgan fingerprint density at radius 2 is 1.88 bits per heavy atom. The van der Waals surface area contributed by atoms with Crippen LogP contribution in [0.15, 0.2) is 55.1 Å². The van der Waals surface area contributed by atoms with Crippen LogP contribution in [0.4, 0.5) is 8.78 Å². The summed E-state index contributed by atoms with van der Waals surface area (Å²) in [5.74, 6) is -1.91. The zero-order chi connectivity index (χ0) is 23.7. The van der Waals surface area contributed by atoms with Gasteiger partial charge in [-0.05, 0) is 47.9 Å². The molecule has 1 aromatic heterocycles. The number of aryl methyl sites for hydroxylation is 1. The van der Waals surface area contributed by atoms with Crippen LogP contribution in [-0.2, 0) is 11.3 Å². The highest BCUT2D eigenvalue weighted by Crippen LogP contribution is 2.36. The lowest BCUT2D eigenvalue weighted by Crippen LogP contribution is -2.06. The van der Waals surface area contributed by atoms with Crippen molar-refractivity contribution in [1.82, 2.24) is 9.78 Å². The highest BCUT2D eigenvalue weighted by molar-refractivity contribution is 5.97. The molecule has 0 saturated heterocycles. The zero-order valence-corrected chi connectivity index (χ0v) is 18.5. The van der Waals surface area contributed by atoms with E-state index in [1.165, 1.54) is 26.4 Å².